The van der Waals surface area contributed by atoms with Gasteiger partial charge in [0.25, 0.3) is 5.91 Å². The minimum absolute atomic E-state index is 0.145. The molecular formula is C23H33N3O5S. The molecule has 8 nitrogen and oxygen atoms in total. The van der Waals surface area contributed by atoms with Crippen molar-refractivity contribution in [3.63, 3.8) is 0 Å². The van der Waals surface area contributed by atoms with E-state index in [1.807, 2.05) is 0 Å². The van der Waals surface area contributed by atoms with Crippen molar-refractivity contribution in [3.8, 4) is 0 Å². The summed E-state index contributed by atoms with van der Waals surface area (Å²) in [5.74, 6) is 0.0645. The van der Waals surface area contributed by atoms with Gasteiger partial charge in [-0.25, -0.2) is 8.42 Å². The molecule has 0 aromatic heterocycles. The smallest absolute Gasteiger partial charge is 0.251 e. The lowest BCUT2D eigenvalue weighted by Gasteiger charge is -2.24. The topological polar surface area (TPSA) is 105 Å². The zero-order valence-corrected chi connectivity index (χ0v) is 19.2. The third-order valence-electron chi connectivity index (χ3n) is 6.10. The number of nitrogens with zero attached hydrogens (tertiary/aromatic N) is 1. The molecule has 2 heterocycles. The molecule has 2 saturated heterocycles. The van der Waals surface area contributed by atoms with Crippen molar-refractivity contribution in [1.82, 2.24) is 14.9 Å². The van der Waals surface area contributed by atoms with Crippen molar-refractivity contribution in [2.24, 2.45) is 5.92 Å². The maximum Gasteiger partial charge on any atom is 0.251 e. The Morgan fingerprint density at radius 3 is 2.53 bits per heavy atom. The number of carbonyl (C=O) groups excluding carboxylic acids is 2. The highest BCUT2D eigenvalue weighted by molar-refractivity contribution is 7.89. The van der Waals surface area contributed by atoms with Gasteiger partial charge in [0.15, 0.2) is 0 Å². The molecule has 0 aliphatic carbocycles. The maximum absolute atomic E-state index is 13.2. The van der Waals surface area contributed by atoms with Crippen LogP contribution < -0.4 is 10.6 Å². The van der Waals surface area contributed by atoms with Gasteiger partial charge in [0.05, 0.1) is 4.90 Å². The average Bonchev–Trinajstić information content (AvgIpc) is 3.06. The Hall–Kier alpha value is -2.23. The van der Waals surface area contributed by atoms with E-state index >= 15 is 0 Å². The van der Waals surface area contributed by atoms with Gasteiger partial charge in [-0.15, -0.1) is 0 Å². The molecule has 1 aromatic carbocycles. The highest BCUT2D eigenvalue weighted by Crippen LogP contribution is 2.21. The quantitative estimate of drug-likeness (QED) is 0.575. The van der Waals surface area contributed by atoms with E-state index in [4.69, 9.17) is 4.74 Å². The van der Waals surface area contributed by atoms with Gasteiger partial charge in [0.1, 0.15) is 0 Å². The second-order valence-corrected chi connectivity index (χ2v) is 10.3. The van der Waals surface area contributed by atoms with E-state index in [2.05, 4.69) is 17.2 Å². The van der Waals surface area contributed by atoms with Crippen molar-refractivity contribution >= 4 is 21.8 Å². The Kier molecular flexibility index (Phi) is 8.84. The highest BCUT2D eigenvalue weighted by Gasteiger charge is 2.29. The molecule has 32 heavy (non-hydrogen) atoms. The van der Waals surface area contributed by atoms with Gasteiger partial charge in [-0.3, -0.25) is 9.59 Å². The lowest BCUT2D eigenvalue weighted by molar-refractivity contribution is -0.117. The van der Waals surface area contributed by atoms with Gasteiger partial charge < -0.3 is 15.4 Å². The summed E-state index contributed by atoms with van der Waals surface area (Å²) in [6, 6.07) is 5.80. The molecule has 1 aromatic rings. The first kappa shape index (κ1) is 24.4. The van der Waals surface area contributed by atoms with Crippen LogP contribution in [-0.4, -0.2) is 63.4 Å². The molecule has 1 unspecified atom stereocenters. The molecule has 0 saturated carbocycles. The molecule has 0 radical (unpaired) electrons. The van der Waals surface area contributed by atoms with Gasteiger partial charge in [0.2, 0.25) is 15.9 Å². The summed E-state index contributed by atoms with van der Waals surface area (Å²) in [5.41, 5.74) is 0.433. The van der Waals surface area contributed by atoms with E-state index < -0.39 is 10.0 Å². The third kappa shape index (κ3) is 6.63. The second kappa shape index (κ2) is 11.6. The largest absolute Gasteiger partial charge is 0.381 e. The van der Waals surface area contributed by atoms with Crippen LogP contribution in [-0.2, 0) is 19.6 Å². The predicted octanol–water partition coefficient (Wildman–Crippen LogP) is 2.08. The van der Waals surface area contributed by atoms with E-state index in [0.29, 0.717) is 24.6 Å². The number of amides is 2. The van der Waals surface area contributed by atoms with Gasteiger partial charge in [-0.2, -0.15) is 4.31 Å². The standard InChI is InChI=1S/C23H33N3O5S/c1-2-22(27)25-20-5-3-4-14-26(17-20)32(29,30)21-8-6-19(7-9-21)23(28)24-13-10-18-11-15-31-16-12-18/h2,6-9,18,20H,1,3-5,10-17H2,(H,24,28)(H,25,27). The number of benzene rings is 1. The monoisotopic (exact) mass is 463 g/mol. The van der Waals surface area contributed by atoms with Crippen molar-refractivity contribution in [2.75, 3.05) is 32.8 Å². The van der Waals surface area contributed by atoms with E-state index in [9.17, 15) is 18.0 Å². The van der Waals surface area contributed by atoms with Crippen LogP contribution in [0.3, 0.4) is 0 Å². The minimum atomic E-state index is -3.72. The van der Waals surface area contributed by atoms with Crippen molar-refractivity contribution in [1.29, 1.82) is 0 Å². The highest BCUT2D eigenvalue weighted by atomic mass is 32.2. The summed E-state index contributed by atoms with van der Waals surface area (Å²) in [6.07, 6.45) is 6.44. The molecule has 0 bridgehead atoms. The Morgan fingerprint density at radius 2 is 1.84 bits per heavy atom. The average molecular weight is 464 g/mol. The van der Waals surface area contributed by atoms with Crippen LogP contribution in [0.5, 0.6) is 0 Å². The molecule has 9 heteroatoms. The van der Waals surface area contributed by atoms with E-state index in [-0.39, 0.29) is 29.3 Å². The normalized spacial score (nSPS) is 20.8. The maximum atomic E-state index is 13.2. The van der Waals surface area contributed by atoms with Crippen LogP contribution in [0.15, 0.2) is 41.8 Å². The zero-order chi connectivity index (χ0) is 23.0. The van der Waals surface area contributed by atoms with E-state index in [0.717, 1.165) is 51.7 Å². The van der Waals surface area contributed by atoms with Gasteiger partial charge in [0, 0.05) is 44.5 Å². The fourth-order valence-electron chi connectivity index (χ4n) is 4.16. The van der Waals surface area contributed by atoms with Crippen molar-refractivity contribution in [3.05, 3.63) is 42.5 Å². The van der Waals surface area contributed by atoms with Crippen LogP contribution >= 0.6 is 0 Å². The molecule has 2 N–H and O–H groups in total. The predicted molar refractivity (Wildman–Crippen MR) is 122 cm³/mol. The molecule has 1 atom stereocenters. The SMILES string of the molecule is C=CC(=O)NC1CCCCN(S(=O)(=O)c2ccc(C(=O)NCCC3CCOCC3)cc2)C1. The van der Waals surface area contributed by atoms with Crippen LogP contribution in [0.4, 0.5) is 0 Å². The summed E-state index contributed by atoms with van der Waals surface area (Å²) < 4.78 is 33.1. The van der Waals surface area contributed by atoms with Gasteiger partial charge in [-0.05, 0) is 68.4 Å². The van der Waals surface area contributed by atoms with Crippen molar-refractivity contribution in [2.45, 2.75) is 49.5 Å². The third-order valence-corrected chi connectivity index (χ3v) is 7.98. The Morgan fingerprint density at radius 1 is 1.12 bits per heavy atom. The molecule has 3 rings (SSSR count). The Labute approximate surface area is 190 Å². The van der Waals surface area contributed by atoms with Crippen LogP contribution in [0, 0.1) is 5.92 Å². The number of rotatable bonds is 8. The number of ether oxygens (including phenoxy) is 1. The van der Waals surface area contributed by atoms with Crippen LogP contribution in [0.25, 0.3) is 0 Å². The summed E-state index contributed by atoms with van der Waals surface area (Å²) in [6.45, 7) is 6.23. The Bertz CT molecular complexity index is 895. The first-order valence-corrected chi connectivity index (χ1v) is 12.7. The van der Waals surface area contributed by atoms with Crippen LogP contribution in [0.2, 0.25) is 0 Å². The summed E-state index contributed by atoms with van der Waals surface area (Å²) in [5, 5.41) is 5.72. The minimum Gasteiger partial charge on any atom is -0.381 e. The van der Waals surface area contributed by atoms with E-state index in [1.165, 1.54) is 22.5 Å². The molecule has 2 amide bonds. The summed E-state index contributed by atoms with van der Waals surface area (Å²) in [7, 11) is -3.72. The number of sulfonamides is 1. The molecular weight excluding hydrogens is 430 g/mol. The molecule has 0 spiro atoms. The fourth-order valence-corrected chi connectivity index (χ4v) is 5.68. The lowest BCUT2D eigenvalue weighted by atomic mass is 9.97. The number of hydrogen-bond acceptors (Lipinski definition) is 5. The Balaban J connectivity index is 1.58. The molecule has 2 aliphatic heterocycles. The first-order valence-electron chi connectivity index (χ1n) is 11.3. The number of carbonyl (C=O) groups is 2. The van der Waals surface area contributed by atoms with Gasteiger partial charge in [-0.1, -0.05) is 13.0 Å². The first-order chi connectivity index (χ1) is 15.4. The second-order valence-electron chi connectivity index (χ2n) is 8.39. The number of hydrogen-bond donors (Lipinski definition) is 2. The molecule has 2 fully saturated rings. The fraction of sp³-hybridized carbons (Fsp3) is 0.565. The molecule has 176 valence electrons. The van der Waals surface area contributed by atoms with Crippen molar-refractivity contribution < 1.29 is 22.7 Å². The lowest BCUT2D eigenvalue weighted by Crippen LogP contribution is -2.44. The number of nitrogens with one attached hydrogen (secondary N) is 2. The van der Waals surface area contributed by atoms with Crippen LogP contribution in [0.1, 0.15) is 48.9 Å². The zero-order valence-electron chi connectivity index (χ0n) is 18.4. The summed E-state index contributed by atoms with van der Waals surface area (Å²) in [4.78, 5) is 24.2. The van der Waals surface area contributed by atoms with Gasteiger partial charge >= 0.3 is 0 Å². The van der Waals surface area contributed by atoms with E-state index in [1.54, 1.807) is 12.1 Å². The summed E-state index contributed by atoms with van der Waals surface area (Å²) >= 11 is 0. The molecule has 2 aliphatic rings.